The van der Waals surface area contributed by atoms with Crippen molar-refractivity contribution in [1.82, 2.24) is 8.61 Å². The molecule has 2 aliphatic rings. The monoisotopic (exact) mass is 276 g/mol. The highest BCUT2D eigenvalue weighted by Gasteiger charge is 2.38. The lowest BCUT2D eigenvalue weighted by molar-refractivity contribution is 0.161. The predicted molar refractivity (Wildman–Crippen MR) is 70.3 cm³/mol. The zero-order valence-corrected chi connectivity index (χ0v) is 11.9. The van der Waals surface area contributed by atoms with Crippen molar-refractivity contribution < 1.29 is 13.5 Å². The van der Waals surface area contributed by atoms with Gasteiger partial charge in [0.15, 0.2) is 0 Å². The van der Waals surface area contributed by atoms with Crippen molar-refractivity contribution in [3.8, 4) is 0 Å². The van der Waals surface area contributed by atoms with Gasteiger partial charge in [-0.05, 0) is 31.6 Å². The van der Waals surface area contributed by atoms with Crippen molar-refractivity contribution in [3.63, 3.8) is 0 Å². The van der Waals surface area contributed by atoms with Gasteiger partial charge in [-0.25, -0.2) is 0 Å². The van der Waals surface area contributed by atoms with Crippen LogP contribution in [-0.4, -0.2) is 54.4 Å². The third-order valence-corrected chi connectivity index (χ3v) is 6.10. The maximum atomic E-state index is 12.6. The molecule has 0 spiro atoms. The first-order chi connectivity index (χ1) is 8.55. The van der Waals surface area contributed by atoms with Gasteiger partial charge in [0.25, 0.3) is 10.2 Å². The normalized spacial score (nSPS) is 27.4. The molecule has 0 bridgehead atoms. The molecule has 1 aliphatic heterocycles. The molecule has 6 heteroatoms. The lowest BCUT2D eigenvalue weighted by Crippen LogP contribution is -2.53. The summed E-state index contributed by atoms with van der Waals surface area (Å²) in [7, 11) is -3.37. The van der Waals surface area contributed by atoms with Gasteiger partial charge in [0.2, 0.25) is 0 Å². The van der Waals surface area contributed by atoms with E-state index >= 15 is 0 Å². The molecule has 1 atom stereocenters. The van der Waals surface area contributed by atoms with Gasteiger partial charge in [0.1, 0.15) is 0 Å². The number of aliphatic hydroxyl groups is 1. The van der Waals surface area contributed by atoms with Crippen molar-refractivity contribution in [2.45, 2.75) is 45.1 Å². The molecule has 2 rings (SSSR count). The Bertz CT molecular complexity index is 368. The minimum Gasteiger partial charge on any atom is -0.395 e. The van der Waals surface area contributed by atoms with Gasteiger partial charge < -0.3 is 5.11 Å². The predicted octanol–water partition coefficient (Wildman–Crippen LogP) is 0.810. The Kier molecular flexibility index (Phi) is 4.64. The summed E-state index contributed by atoms with van der Waals surface area (Å²) in [5.41, 5.74) is 0. The lowest BCUT2D eigenvalue weighted by Gasteiger charge is -2.40. The van der Waals surface area contributed by atoms with E-state index in [9.17, 15) is 8.42 Å². The average Bonchev–Trinajstić information content (AvgIpc) is 2.26. The fourth-order valence-electron chi connectivity index (χ4n) is 2.76. The molecular formula is C12H24N2O3S. The maximum Gasteiger partial charge on any atom is 0.282 e. The van der Waals surface area contributed by atoms with Crippen LogP contribution in [0.4, 0.5) is 0 Å². The molecule has 0 amide bonds. The zero-order chi connectivity index (χ0) is 13.2. The molecule has 0 aromatic rings. The maximum absolute atomic E-state index is 12.6. The summed E-state index contributed by atoms with van der Waals surface area (Å²) < 4.78 is 28.3. The third-order valence-electron chi connectivity index (χ3n) is 4.04. The molecule has 2 fully saturated rings. The Morgan fingerprint density at radius 2 is 2.00 bits per heavy atom. The first-order valence-corrected chi connectivity index (χ1v) is 8.33. The summed E-state index contributed by atoms with van der Waals surface area (Å²) in [5.74, 6) is 0.436. The molecule has 5 nitrogen and oxygen atoms in total. The fraction of sp³-hybridized carbons (Fsp3) is 1.00. The minimum atomic E-state index is -3.37. The van der Waals surface area contributed by atoms with E-state index < -0.39 is 10.2 Å². The Balaban J connectivity index is 2.10. The van der Waals surface area contributed by atoms with E-state index in [0.717, 1.165) is 32.1 Å². The minimum absolute atomic E-state index is 0.0981. The molecular weight excluding hydrogens is 252 g/mol. The highest BCUT2D eigenvalue weighted by atomic mass is 32.2. The van der Waals surface area contributed by atoms with E-state index in [0.29, 0.717) is 19.0 Å². The van der Waals surface area contributed by atoms with Crippen molar-refractivity contribution in [2.75, 3.05) is 26.2 Å². The van der Waals surface area contributed by atoms with Crippen LogP contribution in [0.1, 0.15) is 39.0 Å². The number of hydrogen-bond donors (Lipinski definition) is 1. The molecule has 0 aromatic carbocycles. The van der Waals surface area contributed by atoms with E-state index in [4.69, 9.17) is 5.11 Å². The Labute approximate surface area is 110 Å². The van der Waals surface area contributed by atoms with E-state index in [-0.39, 0.29) is 19.2 Å². The van der Waals surface area contributed by atoms with Gasteiger partial charge in [0.05, 0.1) is 6.61 Å². The Morgan fingerprint density at radius 3 is 2.50 bits per heavy atom. The summed E-state index contributed by atoms with van der Waals surface area (Å²) in [6.07, 6.45) is 5.01. The number of piperidine rings is 1. The van der Waals surface area contributed by atoms with Crippen molar-refractivity contribution >= 4 is 10.2 Å². The first-order valence-electron chi connectivity index (χ1n) is 6.93. The van der Waals surface area contributed by atoms with Crippen LogP contribution in [0.15, 0.2) is 0 Å². The van der Waals surface area contributed by atoms with Crippen LogP contribution in [0.3, 0.4) is 0 Å². The van der Waals surface area contributed by atoms with Crippen LogP contribution in [0.25, 0.3) is 0 Å². The number of aliphatic hydroxyl groups excluding tert-OH is 1. The molecule has 106 valence electrons. The smallest absolute Gasteiger partial charge is 0.282 e. The first kappa shape index (κ1) is 14.2. The topological polar surface area (TPSA) is 60.9 Å². The highest BCUT2D eigenvalue weighted by Crippen LogP contribution is 2.29. The third kappa shape index (κ3) is 2.87. The second-order valence-electron chi connectivity index (χ2n) is 5.53. The molecule has 1 N–H and O–H groups in total. The number of hydrogen-bond acceptors (Lipinski definition) is 3. The second kappa shape index (κ2) is 5.86. The van der Waals surface area contributed by atoms with Gasteiger partial charge in [-0.2, -0.15) is 17.0 Å². The summed E-state index contributed by atoms with van der Waals surface area (Å²) in [4.78, 5) is 0. The SMILES string of the molecule is CC1CCCN(S(=O)(=O)N(CCO)C2CCC2)C1. The molecule has 1 aliphatic carbocycles. The van der Waals surface area contributed by atoms with Crippen molar-refractivity contribution in [1.29, 1.82) is 0 Å². The van der Waals surface area contributed by atoms with Crippen LogP contribution in [-0.2, 0) is 10.2 Å². The number of rotatable bonds is 5. The molecule has 0 aromatic heterocycles. The van der Waals surface area contributed by atoms with E-state index in [1.165, 1.54) is 4.31 Å². The highest BCUT2D eigenvalue weighted by molar-refractivity contribution is 7.86. The lowest BCUT2D eigenvalue weighted by atomic mass is 9.93. The number of nitrogens with zero attached hydrogens (tertiary/aromatic N) is 2. The Morgan fingerprint density at radius 1 is 1.28 bits per heavy atom. The molecule has 1 unspecified atom stereocenters. The van der Waals surface area contributed by atoms with Crippen LogP contribution in [0.2, 0.25) is 0 Å². The zero-order valence-electron chi connectivity index (χ0n) is 11.1. The summed E-state index contributed by atoms with van der Waals surface area (Å²) >= 11 is 0. The van der Waals surface area contributed by atoms with E-state index in [1.54, 1.807) is 4.31 Å². The molecule has 18 heavy (non-hydrogen) atoms. The average molecular weight is 276 g/mol. The largest absolute Gasteiger partial charge is 0.395 e. The molecule has 0 radical (unpaired) electrons. The summed E-state index contributed by atoms with van der Waals surface area (Å²) in [6.45, 7) is 3.48. The van der Waals surface area contributed by atoms with Gasteiger partial charge in [0, 0.05) is 25.7 Å². The fourth-order valence-corrected chi connectivity index (χ4v) is 4.76. The van der Waals surface area contributed by atoms with Crippen LogP contribution in [0, 0.1) is 5.92 Å². The van der Waals surface area contributed by atoms with Crippen molar-refractivity contribution in [3.05, 3.63) is 0 Å². The van der Waals surface area contributed by atoms with Crippen molar-refractivity contribution in [2.24, 2.45) is 5.92 Å². The van der Waals surface area contributed by atoms with Gasteiger partial charge in [-0.15, -0.1) is 0 Å². The van der Waals surface area contributed by atoms with Gasteiger partial charge >= 0.3 is 0 Å². The van der Waals surface area contributed by atoms with E-state index in [2.05, 4.69) is 6.92 Å². The quantitative estimate of drug-likeness (QED) is 0.808. The van der Waals surface area contributed by atoms with Gasteiger partial charge in [-0.1, -0.05) is 13.3 Å². The standard InChI is InChI=1S/C12H24N2O3S/c1-11-4-3-7-13(10-11)18(16,17)14(8-9-15)12-5-2-6-12/h11-12,15H,2-10H2,1H3. The molecule has 1 saturated heterocycles. The van der Waals surface area contributed by atoms with Crippen LogP contribution >= 0.6 is 0 Å². The second-order valence-corrected chi connectivity index (χ2v) is 7.41. The van der Waals surface area contributed by atoms with Crippen LogP contribution < -0.4 is 0 Å². The van der Waals surface area contributed by atoms with Crippen LogP contribution in [0.5, 0.6) is 0 Å². The molecule has 1 heterocycles. The summed E-state index contributed by atoms with van der Waals surface area (Å²) in [5, 5.41) is 9.09. The Hall–Kier alpha value is -0.170. The van der Waals surface area contributed by atoms with E-state index in [1.807, 2.05) is 0 Å². The molecule has 1 saturated carbocycles. The summed E-state index contributed by atoms with van der Waals surface area (Å²) in [6, 6.07) is 0.111. The van der Waals surface area contributed by atoms with Gasteiger partial charge in [-0.3, -0.25) is 0 Å².